The summed E-state index contributed by atoms with van der Waals surface area (Å²) in [4.78, 5) is 15.9. The molecule has 0 aromatic carbocycles. The number of piperidine rings is 1. The number of aliphatic hydroxyl groups excluding tert-OH is 1. The van der Waals surface area contributed by atoms with Crippen molar-refractivity contribution in [2.24, 2.45) is 5.92 Å². The average molecular weight is 237 g/mol. The van der Waals surface area contributed by atoms with Crippen LogP contribution in [0.25, 0.3) is 0 Å². The van der Waals surface area contributed by atoms with E-state index in [4.69, 9.17) is 5.11 Å². The highest BCUT2D eigenvalue weighted by Crippen LogP contribution is 2.23. The third-order valence-corrected chi connectivity index (χ3v) is 3.06. The smallest absolute Gasteiger partial charge is 0.363 e. The first-order valence-electron chi connectivity index (χ1n) is 5.67. The molecule has 1 fully saturated rings. The molecule has 2 rings (SSSR count). The second-order valence-electron chi connectivity index (χ2n) is 4.27. The van der Waals surface area contributed by atoms with Crippen LogP contribution in [0.5, 0.6) is 0 Å². The van der Waals surface area contributed by atoms with Crippen LogP contribution >= 0.6 is 0 Å². The van der Waals surface area contributed by atoms with Gasteiger partial charge in [0.05, 0.1) is 5.69 Å². The number of hydrogen-bond donors (Lipinski definition) is 1. The molecule has 2 heterocycles. The zero-order chi connectivity index (χ0) is 12.3. The van der Waals surface area contributed by atoms with E-state index in [1.165, 1.54) is 12.3 Å². The van der Waals surface area contributed by atoms with Gasteiger partial charge in [-0.05, 0) is 34.7 Å². The van der Waals surface area contributed by atoms with Crippen LogP contribution < -0.4 is 4.90 Å². The second kappa shape index (κ2) is 5.09. The van der Waals surface area contributed by atoms with E-state index in [-0.39, 0.29) is 12.4 Å². The molecule has 0 amide bonds. The van der Waals surface area contributed by atoms with Crippen LogP contribution in [0.15, 0.2) is 18.3 Å². The molecule has 0 radical (unpaired) electrons. The molecule has 1 saturated heterocycles. The molecule has 0 unspecified atom stereocenters. The number of anilines is 1. The summed E-state index contributed by atoms with van der Waals surface area (Å²) < 4.78 is 0. The fourth-order valence-corrected chi connectivity index (χ4v) is 2.12. The SMILES string of the molecule is O=[N+]([O-])c1ccc(N2CCC[C@@H](CO)C2)cn1. The van der Waals surface area contributed by atoms with Gasteiger partial charge in [0, 0.05) is 25.8 Å². The van der Waals surface area contributed by atoms with Gasteiger partial charge in [-0.2, -0.15) is 0 Å². The van der Waals surface area contributed by atoms with Crippen LogP contribution in [-0.4, -0.2) is 34.7 Å². The van der Waals surface area contributed by atoms with Crippen molar-refractivity contribution < 1.29 is 10.0 Å². The Balaban J connectivity index is 2.08. The zero-order valence-corrected chi connectivity index (χ0v) is 9.45. The maximum atomic E-state index is 10.5. The Hall–Kier alpha value is -1.69. The van der Waals surface area contributed by atoms with E-state index in [0.717, 1.165) is 31.6 Å². The summed E-state index contributed by atoms with van der Waals surface area (Å²) in [5.41, 5.74) is 0.883. The molecule has 0 spiro atoms. The normalized spacial score (nSPS) is 20.3. The van der Waals surface area contributed by atoms with Crippen LogP contribution in [0.1, 0.15) is 12.8 Å². The van der Waals surface area contributed by atoms with Crippen molar-refractivity contribution in [3.05, 3.63) is 28.4 Å². The van der Waals surface area contributed by atoms with Gasteiger partial charge in [-0.3, -0.25) is 0 Å². The summed E-state index contributed by atoms with van der Waals surface area (Å²) in [6.07, 6.45) is 3.59. The van der Waals surface area contributed by atoms with Crippen molar-refractivity contribution in [2.75, 3.05) is 24.6 Å². The van der Waals surface area contributed by atoms with Crippen molar-refractivity contribution in [3.63, 3.8) is 0 Å². The Bertz CT molecular complexity index is 393. The number of hydrogen-bond acceptors (Lipinski definition) is 5. The first-order valence-corrected chi connectivity index (χ1v) is 5.67. The predicted molar refractivity (Wildman–Crippen MR) is 62.9 cm³/mol. The Morgan fingerprint density at radius 2 is 2.41 bits per heavy atom. The van der Waals surface area contributed by atoms with Gasteiger partial charge in [0.1, 0.15) is 0 Å². The Morgan fingerprint density at radius 1 is 1.59 bits per heavy atom. The van der Waals surface area contributed by atoms with E-state index in [2.05, 4.69) is 9.88 Å². The number of aliphatic hydroxyl groups is 1. The minimum atomic E-state index is -0.503. The molecule has 17 heavy (non-hydrogen) atoms. The summed E-state index contributed by atoms with van der Waals surface area (Å²) in [6.45, 7) is 1.89. The molecule has 6 heteroatoms. The van der Waals surface area contributed by atoms with Crippen LogP contribution in [0.3, 0.4) is 0 Å². The van der Waals surface area contributed by atoms with Gasteiger partial charge in [0.2, 0.25) is 0 Å². The molecular weight excluding hydrogens is 222 g/mol. The van der Waals surface area contributed by atoms with Crippen molar-refractivity contribution in [3.8, 4) is 0 Å². The van der Waals surface area contributed by atoms with E-state index < -0.39 is 4.92 Å². The fraction of sp³-hybridized carbons (Fsp3) is 0.545. The molecule has 1 N–H and O–H groups in total. The maximum Gasteiger partial charge on any atom is 0.363 e. The third kappa shape index (κ3) is 2.71. The minimum Gasteiger partial charge on any atom is -0.396 e. The van der Waals surface area contributed by atoms with Crippen molar-refractivity contribution in [1.82, 2.24) is 4.98 Å². The molecule has 6 nitrogen and oxygen atoms in total. The highest BCUT2D eigenvalue weighted by Gasteiger charge is 2.20. The van der Waals surface area contributed by atoms with Crippen LogP contribution in [-0.2, 0) is 0 Å². The monoisotopic (exact) mass is 237 g/mol. The van der Waals surface area contributed by atoms with E-state index in [9.17, 15) is 10.1 Å². The Morgan fingerprint density at radius 3 is 3.00 bits per heavy atom. The van der Waals surface area contributed by atoms with Gasteiger partial charge < -0.3 is 20.1 Å². The lowest BCUT2D eigenvalue weighted by molar-refractivity contribution is -0.389. The van der Waals surface area contributed by atoms with E-state index in [0.29, 0.717) is 5.92 Å². The molecule has 92 valence electrons. The quantitative estimate of drug-likeness (QED) is 0.631. The van der Waals surface area contributed by atoms with Gasteiger partial charge in [-0.1, -0.05) is 0 Å². The number of nitro groups is 1. The average Bonchev–Trinajstić information content (AvgIpc) is 2.39. The number of rotatable bonds is 3. The summed E-state index contributed by atoms with van der Waals surface area (Å²) >= 11 is 0. The lowest BCUT2D eigenvalue weighted by Crippen LogP contribution is -2.36. The van der Waals surface area contributed by atoms with E-state index in [1.807, 2.05) is 0 Å². The van der Waals surface area contributed by atoms with Crippen molar-refractivity contribution in [1.29, 1.82) is 0 Å². The van der Waals surface area contributed by atoms with Gasteiger partial charge in [-0.15, -0.1) is 0 Å². The first-order chi connectivity index (χ1) is 8.20. The number of pyridine rings is 1. The molecule has 1 aromatic rings. The zero-order valence-electron chi connectivity index (χ0n) is 9.45. The Kier molecular flexibility index (Phi) is 3.53. The highest BCUT2D eigenvalue weighted by atomic mass is 16.6. The maximum absolute atomic E-state index is 10.5. The van der Waals surface area contributed by atoms with Gasteiger partial charge in [0.25, 0.3) is 0 Å². The summed E-state index contributed by atoms with van der Waals surface area (Å²) in [5, 5.41) is 19.6. The molecule has 0 bridgehead atoms. The van der Waals surface area contributed by atoms with Crippen LogP contribution in [0.4, 0.5) is 11.5 Å². The van der Waals surface area contributed by atoms with Crippen molar-refractivity contribution >= 4 is 11.5 Å². The molecule has 1 atom stereocenters. The molecule has 1 aliphatic heterocycles. The molecule has 0 aliphatic carbocycles. The highest BCUT2D eigenvalue weighted by molar-refractivity contribution is 5.46. The summed E-state index contributed by atoms with van der Waals surface area (Å²) in [7, 11) is 0. The summed E-state index contributed by atoms with van der Waals surface area (Å²) in [6, 6.07) is 3.13. The third-order valence-electron chi connectivity index (χ3n) is 3.06. The minimum absolute atomic E-state index is 0.135. The number of aromatic nitrogens is 1. The standard InChI is InChI=1S/C11H15N3O3/c15-8-9-2-1-5-13(7-9)10-3-4-11(12-6-10)14(16)17/h3-4,6,9,15H,1-2,5,7-8H2/t9-/m1/s1. The van der Waals surface area contributed by atoms with Crippen LogP contribution in [0.2, 0.25) is 0 Å². The van der Waals surface area contributed by atoms with Gasteiger partial charge in [-0.25, -0.2) is 0 Å². The summed E-state index contributed by atoms with van der Waals surface area (Å²) in [5.74, 6) is 0.156. The van der Waals surface area contributed by atoms with Gasteiger partial charge >= 0.3 is 5.82 Å². The van der Waals surface area contributed by atoms with E-state index >= 15 is 0 Å². The molecule has 1 aromatic heterocycles. The lowest BCUT2D eigenvalue weighted by atomic mass is 9.99. The molecule has 1 aliphatic rings. The lowest BCUT2D eigenvalue weighted by Gasteiger charge is -2.32. The topological polar surface area (TPSA) is 79.5 Å². The fourth-order valence-electron chi connectivity index (χ4n) is 2.12. The molecular formula is C11H15N3O3. The molecule has 0 saturated carbocycles. The largest absolute Gasteiger partial charge is 0.396 e. The second-order valence-corrected chi connectivity index (χ2v) is 4.27. The van der Waals surface area contributed by atoms with Crippen molar-refractivity contribution in [2.45, 2.75) is 12.8 Å². The number of nitrogens with zero attached hydrogens (tertiary/aromatic N) is 3. The predicted octanol–water partition coefficient (Wildman–Crippen LogP) is 1.20. The Labute approximate surface area is 99.0 Å². The first kappa shape index (κ1) is 11.8. The van der Waals surface area contributed by atoms with Crippen LogP contribution in [0, 0.1) is 16.0 Å². The van der Waals surface area contributed by atoms with Gasteiger partial charge in [0.15, 0.2) is 6.20 Å². The van der Waals surface area contributed by atoms with E-state index in [1.54, 1.807) is 6.07 Å².